The van der Waals surface area contributed by atoms with Gasteiger partial charge in [0, 0.05) is 0 Å². The fourth-order valence-corrected chi connectivity index (χ4v) is 2.76. The molecule has 0 aliphatic rings. The summed E-state index contributed by atoms with van der Waals surface area (Å²) in [6.07, 6.45) is 0. The zero-order chi connectivity index (χ0) is 7.71. The maximum absolute atomic E-state index is 6.15. The summed E-state index contributed by atoms with van der Waals surface area (Å²) >= 11 is -2.41. The van der Waals surface area contributed by atoms with Crippen molar-refractivity contribution in [3.63, 3.8) is 0 Å². The van der Waals surface area contributed by atoms with Crippen molar-refractivity contribution in [2.75, 3.05) is 0 Å². The predicted octanol–water partition coefficient (Wildman–Crippen LogP) is 3.73. The van der Waals surface area contributed by atoms with Crippen molar-refractivity contribution in [2.45, 2.75) is 37.2 Å². The second-order valence-electron chi connectivity index (χ2n) is 3.31. The second-order valence-corrected chi connectivity index (χ2v) is 18.6. The van der Waals surface area contributed by atoms with Gasteiger partial charge in [-0.05, 0) is 0 Å². The van der Waals surface area contributed by atoms with Crippen LogP contribution in [0.25, 0.3) is 0 Å². The van der Waals surface area contributed by atoms with Gasteiger partial charge in [0.05, 0.1) is 0 Å². The van der Waals surface area contributed by atoms with E-state index in [0.29, 0.717) is 0 Å². The van der Waals surface area contributed by atoms with Crippen LogP contribution in [0, 0.1) is 0 Å². The molecule has 0 rings (SSSR count). The third-order valence-electron chi connectivity index (χ3n) is 1.54. The molecule has 0 saturated heterocycles. The van der Waals surface area contributed by atoms with E-state index in [1.165, 1.54) is 0 Å². The third-order valence-corrected chi connectivity index (χ3v) is 16.7. The van der Waals surface area contributed by atoms with Gasteiger partial charge in [-0.15, -0.1) is 0 Å². The Labute approximate surface area is 68.6 Å². The van der Waals surface area contributed by atoms with E-state index < -0.39 is 11.4 Å². The Bertz CT molecular complexity index is 93.7. The summed E-state index contributed by atoms with van der Waals surface area (Å²) in [6, 6.07) is 0. The van der Waals surface area contributed by atoms with Crippen LogP contribution in [-0.4, -0.2) is 11.4 Å². The summed E-state index contributed by atoms with van der Waals surface area (Å²) in [5.41, 5.74) is 0. The Hall–Kier alpha value is 1.12. The minimum atomic E-state index is -2.41. The van der Waals surface area contributed by atoms with Gasteiger partial charge in [-0.3, -0.25) is 0 Å². The van der Waals surface area contributed by atoms with Crippen molar-refractivity contribution in [1.82, 2.24) is 0 Å². The summed E-state index contributed by atoms with van der Waals surface area (Å²) in [4.78, 5) is 0. The molecule has 0 heterocycles. The number of halogens is 2. The third kappa shape index (κ3) is 2.69. The van der Waals surface area contributed by atoms with Gasteiger partial charge in [-0.25, -0.2) is 0 Å². The molecule has 0 spiro atoms. The van der Waals surface area contributed by atoms with Gasteiger partial charge in [0.2, 0.25) is 0 Å². The Morgan fingerprint density at radius 2 is 1.56 bits per heavy atom. The first-order chi connectivity index (χ1) is 3.81. The van der Waals surface area contributed by atoms with Crippen LogP contribution in [-0.2, 0) is 0 Å². The summed E-state index contributed by atoms with van der Waals surface area (Å²) in [5, 5.41) is 0.979. The molecule has 0 bridgehead atoms. The van der Waals surface area contributed by atoms with E-state index in [-0.39, 0.29) is 4.25 Å². The average Bonchev–Trinajstić information content (AvgIpc) is 1.64. The molecule has 0 saturated carbocycles. The first kappa shape index (κ1) is 10.1. The summed E-state index contributed by atoms with van der Waals surface area (Å²) in [5.74, 6) is 0. The van der Waals surface area contributed by atoms with Gasteiger partial charge >= 0.3 is 68.6 Å². The molecule has 0 amide bonds. The van der Waals surface area contributed by atoms with Gasteiger partial charge in [0.25, 0.3) is 0 Å². The molecule has 0 aliphatic carbocycles. The predicted molar refractivity (Wildman–Crippen MR) is 47.7 cm³/mol. The van der Waals surface area contributed by atoms with Crippen molar-refractivity contribution in [1.29, 1.82) is 0 Å². The van der Waals surface area contributed by atoms with Gasteiger partial charge in [-0.1, -0.05) is 0 Å². The first-order valence-electron chi connectivity index (χ1n) is 3.19. The summed E-state index contributed by atoms with van der Waals surface area (Å²) in [7, 11) is 12.3. The van der Waals surface area contributed by atoms with Crippen LogP contribution in [0.3, 0.4) is 0 Å². The summed E-state index contributed by atoms with van der Waals surface area (Å²) < 4.78 is 0.165. The standard InChI is InChI=1S/C6H14Cl2Ge/c1-5-9(7,8)6(2,3)4/h5H2,1-4H3. The molecule has 0 aromatic rings. The number of hydrogen-bond donors (Lipinski definition) is 0. The zero-order valence-electron chi connectivity index (χ0n) is 6.46. The average molecular weight is 230 g/mol. The van der Waals surface area contributed by atoms with Crippen molar-refractivity contribution >= 4 is 31.4 Å². The molecule has 56 valence electrons. The molecule has 0 aliphatic heterocycles. The van der Waals surface area contributed by atoms with Crippen LogP contribution in [0.4, 0.5) is 0 Å². The Morgan fingerprint density at radius 3 is 1.56 bits per heavy atom. The maximum atomic E-state index is 6.15. The molecular weight excluding hydrogens is 216 g/mol. The second kappa shape index (κ2) is 3.02. The van der Waals surface area contributed by atoms with Crippen molar-refractivity contribution < 1.29 is 0 Å². The molecule has 0 atom stereocenters. The number of hydrogen-bond acceptors (Lipinski definition) is 0. The van der Waals surface area contributed by atoms with E-state index in [2.05, 4.69) is 27.7 Å². The molecule has 0 N–H and O–H groups in total. The number of rotatable bonds is 1. The van der Waals surface area contributed by atoms with Crippen LogP contribution in [0.5, 0.6) is 0 Å². The van der Waals surface area contributed by atoms with E-state index in [4.69, 9.17) is 20.0 Å². The van der Waals surface area contributed by atoms with E-state index in [1.54, 1.807) is 0 Å². The minimum absolute atomic E-state index is 0.165. The SMILES string of the molecule is C[CH2][Ge]([Cl])([Cl])[C](C)(C)C. The van der Waals surface area contributed by atoms with Crippen LogP contribution in [0.1, 0.15) is 27.7 Å². The Morgan fingerprint density at radius 1 is 1.22 bits per heavy atom. The quantitative estimate of drug-likeness (QED) is 0.601. The monoisotopic (exact) mass is 230 g/mol. The van der Waals surface area contributed by atoms with Crippen molar-refractivity contribution in [3.05, 3.63) is 0 Å². The van der Waals surface area contributed by atoms with Crippen molar-refractivity contribution in [3.8, 4) is 0 Å². The van der Waals surface area contributed by atoms with Gasteiger partial charge < -0.3 is 0 Å². The Kier molecular flexibility index (Phi) is 3.39. The molecule has 3 heteroatoms. The fourth-order valence-electron chi connectivity index (χ4n) is 0.530. The van der Waals surface area contributed by atoms with Gasteiger partial charge in [0.15, 0.2) is 0 Å². The molecule has 0 aromatic heterocycles. The molecule has 0 nitrogen and oxygen atoms in total. The Balaban J connectivity index is 4.14. The van der Waals surface area contributed by atoms with Crippen LogP contribution >= 0.6 is 20.0 Å². The molecule has 9 heavy (non-hydrogen) atoms. The van der Waals surface area contributed by atoms with Gasteiger partial charge in [0.1, 0.15) is 0 Å². The van der Waals surface area contributed by atoms with E-state index >= 15 is 0 Å². The topological polar surface area (TPSA) is 0 Å². The van der Waals surface area contributed by atoms with Crippen LogP contribution in [0.2, 0.25) is 9.50 Å². The summed E-state index contributed by atoms with van der Waals surface area (Å²) in [6.45, 7) is 8.44. The van der Waals surface area contributed by atoms with E-state index in [0.717, 1.165) is 5.25 Å². The van der Waals surface area contributed by atoms with E-state index in [9.17, 15) is 0 Å². The molecule has 0 unspecified atom stereocenters. The van der Waals surface area contributed by atoms with Gasteiger partial charge in [-0.2, -0.15) is 0 Å². The molecule has 0 aromatic carbocycles. The normalized spacial score (nSPS) is 14.0. The van der Waals surface area contributed by atoms with Crippen LogP contribution in [0.15, 0.2) is 0 Å². The van der Waals surface area contributed by atoms with Crippen molar-refractivity contribution in [2.24, 2.45) is 0 Å². The molecule has 0 fully saturated rings. The zero-order valence-corrected chi connectivity index (χ0v) is 10.1. The fraction of sp³-hybridized carbons (Fsp3) is 1.00. The molecular formula is C6H14Cl2Ge. The first-order valence-corrected chi connectivity index (χ1v) is 11.2. The van der Waals surface area contributed by atoms with Crippen LogP contribution < -0.4 is 0 Å². The molecule has 0 radical (unpaired) electrons. The van der Waals surface area contributed by atoms with E-state index in [1.807, 2.05) is 0 Å².